The van der Waals surface area contributed by atoms with Gasteiger partial charge < -0.3 is 16.0 Å². The number of halogens is 4. The van der Waals surface area contributed by atoms with Crippen LogP contribution in [0.15, 0.2) is 0 Å². The Balaban J connectivity index is 2.08. The molecule has 0 unspecified atom stereocenters. The summed E-state index contributed by atoms with van der Waals surface area (Å²) in [6.07, 6.45) is -1.82. The summed E-state index contributed by atoms with van der Waals surface area (Å²) < 4.78 is 49.7. The van der Waals surface area contributed by atoms with Crippen molar-refractivity contribution >= 4 is 17.8 Å². The predicted molar refractivity (Wildman–Crippen MR) is 65.1 cm³/mol. The Bertz CT molecular complexity index is 463. The van der Waals surface area contributed by atoms with E-state index in [2.05, 4.69) is 20.3 Å². The van der Waals surface area contributed by atoms with Crippen LogP contribution in [0.4, 0.5) is 35.4 Å². The molecule has 0 bridgehead atoms. The summed E-state index contributed by atoms with van der Waals surface area (Å²) >= 11 is 0. The van der Waals surface area contributed by atoms with Crippen LogP contribution in [0.25, 0.3) is 0 Å². The van der Waals surface area contributed by atoms with Gasteiger partial charge in [-0.1, -0.05) is 0 Å². The zero-order valence-electron chi connectivity index (χ0n) is 10.5. The fourth-order valence-corrected chi connectivity index (χ4v) is 1.79. The number of anilines is 3. The molecule has 1 aliphatic heterocycles. The molecular formula is C10H14F4N6. The highest BCUT2D eigenvalue weighted by Gasteiger charge is 2.40. The molecule has 0 spiro atoms. The highest BCUT2D eigenvalue weighted by atomic mass is 19.3. The lowest BCUT2D eigenvalue weighted by molar-refractivity contribution is -0.117. The first-order valence-electron chi connectivity index (χ1n) is 6.05. The molecule has 1 saturated heterocycles. The smallest absolute Gasteiger partial charge is 0.324 e. The van der Waals surface area contributed by atoms with Crippen molar-refractivity contribution in [3.63, 3.8) is 0 Å². The van der Waals surface area contributed by atoms with E-state index in [1.807, 2.05) is 4.90 Å². The lowest BCUT2D eigenvalue weighted by Gasteiger charge is -2.18. The predicted octanol–water partition coefficient (Wildman–Crippen LogP) is 1.37. The van der Waals surface area contributed by atoms with Crippen LogP contribution < -0.4 is 16.0 Å². The van der Waals surface area contributed by atoms with E-state index in [0.717, 1.165) is 25.9 Å². The lowest BCUT2D eigenvalue weighted by atomic mass is 10.3. The molecule has 0 aromatic carbocycles. The van der Waals surface area contributed by atoms with Crippen molar-refractivity contribution in [1.82, 2.24) is 15.0 Å². The number of nitrogens with two attached hydrogens (primary N) is 1. The van der Waals surface area contributed by atoms with E-state index >= 15 is 0 Å². The molecule has 0 amide bonds. The summed E-state index contributed by atoms with van der Waals surface area (Å²) in [7, 11) is 0. The summed E-state index contributed by atoms with van der Waals surface area (Å²) in [5.74, 6) is -4.28. The molecule has 0 aliphatic carbocycles. The van der Waals surface area contributed by atoms with Crippen molar-refractivity contribution in [3.05, 3.63) is 0 Å². The Morgan fingerprint density at radius 2 is 1.85 bits per heavy atom. The van der Waals surface area contributed by atoms with Gasteiger partial charge in [-0.15, -0.1) is 0 Å². The van der Waals surface area contributed by atoms with Crippen LogP contribution in [0.1, 0.15) is 12.8 Å². The quantitative estimate of drug-likeness (QED) is 0.798. The van der Waals surface area contributed by atoms with Crippen LogP contribution in [-0.4, -0.2) is 46.9 Å². The maximum Gasteiger partial charge on any atom is 0.324 e. The van der Waals surface area contributed by atoms with Crippen LogP contribution in [0.3, 0.4) is 0 Å². The third kappa shape index (κ3) is 3.36. The summed E-state index contributed by atoms with van der Waals surface area (Å²) in [4.78, 5) is 13.2. The Kier molecular flexibility index (Phi) is 4.09. The third-order valence-electron chi connectivity index (χ3n) is 2.83. The second kappa shape index (κ2) is 5.63. The van der Waals surface area contributed by atoms with Crippen molar-refractivity contribution in [1.29, 1.82) is 0 Å². The number of hydrogen-bond donors (Lipinski definition) is 2. The molecule has 0 saturated carbocycles. The van der Waals surface area contributed by atoms with Crippen molar-refractivity contribution in [2.45, 2.75) is 25.2 Å². The Morgan fingerprint density at radius 1 is 1.20 bits per heavy atom. The van der Waals surface area contributed by atoms with Crippen LogP contribution in [-0.2, 0) is 0 Å². The lowest BCUT2D eigenvalue weighted by Crippen LogP contribution is -2.35. The van der Waals surface area contributed by atoms with Gasteiger partial charge in [-0.25, -0.2) is 8.78 Å². The molecule has 20 heavy (non-hydrogen) atoms. The van der Waals surface area contributed by atoms with Gasteiger partial charge >= 0.3 is 12.3 Å². The normalized spacial score (nSPS) is 15.9. The zero-order valence-corrected chi connectivity index (χ0v) is 10.5. The van der Waals surface area contributed by atoms with Crippen molar-refractivity contribution in [2.75, 3.05) is 35.6 Å². The van der Waals surface area contributed by atoms with Gasteiger partial charge in [0.2, 0.25) is 17.8 Å². The van der Waals surface area contributed by atoms with E-state index < -0.39 is 18.9 Å². The van der Waals surface area contributed by atoms with Gasteiger partial charge in [-0.05, 0) is 12.8 Å². The molecule has 6 nitrogen and oxygen atoms in total. The number of alkyl halides is 4. The van der Waals surface area contributed by atoms with Gasteiger partial charge in [0.15, 0.2) is 0 Å². The van der Waals surface area contributed by atoms with E-state index in [1.165, 1.54) is 0 Å². The van der Waals surface area contributed by atoms with Crippen LogP contribution in [0.2, 0.25) is 0 Å². The molecule has 0 radical (unpaired) electrons. The molecule has 1 aromatic rings. The highest BCUT2D eigenvalue weighted by Crippen LogP contribution is 2.23. The molecule has 112 valence electrons. The first kappa shape index (κ1) is 14.5. The minimum absolute atomic E-state index is 0.148. The van der Waals surface area contributed by atoms with E-state index in [0.29, 0.717) is 0 Å². The summed E-state index contributed by atoms with van der Waals surface area (Å²) in [5.41, 5.74) is 5.46. The van der Waals surface area contributed by atoms with Crippen LogP contribution >= 0.6 is 0 Å². The van der Waals surface area contributed by atoms with Crippen LogP contribution in [0.5, 0.6) is 0 Å². The Labute approximate surface area is 112 Å². The fraction of sp³-hybridized carbons (Fsp3) is 0.700. The summed E-state index contributed by atoms with van der Waals surface area (Å²) in [6.45, 7) is 0.194. The van der Waals surface area contributed by atoms with Crippen molar-refractivity contribution in [3.8, 4) is 0 Å². The SMILES string of the molecule is Nc1nc(NCC(F)(F)C(F)F)nc(N2CCCC2)n1. The van der Waals surface area contributed by atoms with Gasteiger partial charge in [-0.2, -0.15) is 23.7 Å². The van der Waals surface area contributed by atoms with E-state index in [4.69, 9.17) is 5.73 Å². The summed E-state index contributed by atoms with van der Waals surface area (Å²) in [5, 5.41) is 2.07. The minimum Gasteiger partial charge on any atom is -0.368 e. The van der Waals surface area contributed by atoms with E-state index in [9.17, 15) is 17.6 Å². The Morgan fingerprint density at radius 3 is 2.45 bits per heavy atom. The minimum atomic E-state index is -4.16. The number of aromatic nitrogens is 3. The number of rotatable bonds is 5. The Hall–Kier alpha value is -1.87. The maximum atomic E-state index is 12.8. The molecule has 2 heterocycles. The van der Waals surface area contributed by atoms with E-state index in [-0.39, 0.29) is 17.8 Å². The van der Waals surface area contributed by atoms with Gasteiger partial charge in [0, 0.05) is 13.1 Å². The summed E-state index contributed by atoms with van der Waals surface area (Å²) in [6, 6.07) is 0. The highest BCUT2D eigenvalue weighted by molar-refractivity contribution is 5.42. The van der Waals surface area contributed by atoms with E-state index in [1.54, 1.807) is 0 Å². The fourth-order valence-electron chi connectivity index (χ4n) is 1.79. The van der Waals surface area contributed by atoms with Gasteiger partial charge in [-0.3, -0.25) is 0 Å². The number of nitrogens with zero attached hydrogens (tertiary/aromatic N) is 4. The monoisotopic (exact) mass is 294 g/mol. The number of nitrogen functional groups attached to an aromatic ring is 1. The van der Waals surface area contributed by atoms with Crippen molar-refractivity contribution in [2.24, 2.45) is 0 Å². The first-order chi connectivity index (χ1) is 9.38. The topological polar surface area (TPSA) is 80.0 Å². The molecule has 2 rings (SSSR count). The molecule has 1 aromatic heterocycles. The molecule has 1 aliphatic rings. The molecule has 0 atom stereocenters. The average molecular weight is 294 g/mol. The first-order valence-corrected chi connectivity index (χ1v) is 6.05. The maximum absolute atomic E-state index is 12.8. The molecule has 3 N–H and O–H groups in total. The van der Waals surface area contributed by atoms with Crippen molar-refractivity contribution < 1.29 is 17.6 Å². The zero-order chi connectivity index (χ0) is 14.8. The molecule has 1 fully saturated rings. The second-order valence-corrected chi connectivity index (χ2v) is 4.43. The van der Waals surface area contributed by atoms with Crippen LogP contribution in [0, 0.1) is 0 Å². The largest absolute Gasteiger partial charge is 0.368 e. The number of hydrogen-bond acceptors (Lipinski definition) is 6. The molecule has 10 heteroatoms. The standard InChI is InChI=1S/C10H14F4N6/c11-6(12)10(13,14)5-16-8-17-7(15)18-9(19-8)20-3-1-2-4-20/h6H,1-5H2,(H3,15,16,17,18,19). The van der Waals surface area contributed by atoms with Gasteiger partial charge in [0.25, 0.3) is 0 Å². The molecular weight excluding hydrogens is 280 g/mol. The number of nitrogens with one attached hydrogen (secondary N) is 1. The average Bonchev–Trinajstić information content (AvgIpc) is 2.89. The van der Waals surface area contributed by atoms with Gasteiger partial charge in [0.05, 0.1) is 6.54 Å². The van der Waals surface area contributed by atoms with Gasteiger partial charge in [0.1, 0.15) is 0 Å². The second-order valence-electron chi connectivity index (χ2n) is 4.43. The third-order valence-corrected chi connectivity index (χ3v) is 2.83.